The van der Waals surface area contributed by atoms with Gasteiger partial charge in [0.05, 0.1) is 12.5 Å². The Morgan fingerprint density at radius 3 is 2.62 bits per heavy atom. The summed E-state index contributed by atoms with van der Waals surface area (Å²) in [6.07, 6.45) is 5.49. The Morgan fingerprint density at radius 2 is 2.08 bits per heavy atom. The number of phenolic OH excluding ortho intramolecular Hbond substituents is 1. The topological polar surface area (TPSA) is 49.8 Å². The molecular formula is C18H23Cl2NO3. The van der Waals surface area contributed by atoms with Gasteiger partial charge in [-0.05, 0) is 43.4 Å². The fourth-order valence-corrected chi connectivity index (χ4v) is 4.05. The van der Waals surface area contributed by atoms with Crippen LogP contribution in [0, 0.1) is 0 Å². The monoisotopic (exact) mass is 371 g/mol. The van der Waals surface area contributed by atoms with Gasteiger partial charge in [-0.1, -0.05) is 29.8 Å². The Bertz CT molecular complexity index is 624. The number of hydrogen-bond acceptors (Lipinski definition) is 4. The molecule has 1 fully saturated rings. The van der Waals surface area contributed by atoms with E-state index in [2.05, 4.69) is 11.0 Å². The van der Waals surface area contributed by atoms with Crippen LogP contribution in [0.2, 0.25) is 0 Å². The molecule has 24 heavy (non-hydrogen) atoms. The fourth-order valence-electron chi connectivity index (χ4n) is 3.80. The lowest BCUT2D eigenvalue weighted by Crippen LogP contribution is -2.50. The van der Waals surface area contributed by atoms with Gasteiger partial charge in [-0.3, -0.25) is 9.69 Å². The molecule has 1 aliphatic carbocycles. The number of methoxy groups -OCH3 is 1. The summed E-state index contributed by atoms with van der Waals surface area (Å²) in [5.41, 5.74) is 0.167. The van der Waals surface area contributed by atoms with Crippen molar-refractivity contribution in [1.82, 2.24) is 4.90 Å². The number of likely N-dealkylation sites (tertiary alicyclic amines) is 1. The molecule has 2 aliphatic rings. The molecule has 0 saturated carbocycles. The summed E-state index contributed by atoms with van der Waals surface area (Å²) in [5.74, 6) is -0.0403. The number of halogens is 2. The second-order valence-corrected chi connectivity index (χ2v) is 6.87. The third kappa shape index (κ3) is 3.56. The number of phenols is 1. The van der Waals surface area contributed by atoms with Crippen LogP contribution in [0.15, 0.2) is 35.4 Å². The maximum Gasteiger partial charge on any atom is 0.316 e. The number of aromatic hydroxyl groups is 1. The highest BCUT2D eigenvalue weighted by Gasteiger charge is 2.45. The minimum absolute atomic E-state index is 0. The van der Waals surface area contributed by atoms with Crippen molar-refractivity contribution in [2.24, 2.45) is 0 Å². The molecule has 0 aromatic heterocycles. The minimum atomic E-state index is -0.671. The summed E-state index contributed by atoms with van der Waals surface area (Å²) in [6.45, 7) is 1.63. The largest absolute Gasteiger partial charge is 0.508 e. The number of carbonyl (C=O) groups excluding carboxylic acids is 1. The summed E-state index contributed by atoms with van der Waals surface area (Å²) in [5, 5.41) is 10.7. The molecule has 0 amide bonds. The van der Waals surface area contributed by atoms with Gasteiger partial charge >= 0.3 is 5.97 Å². The fraction of sp³-hybridized carbons (Fsp3) is 0.500. The van der Waals surface area contributed by atoms with E-state index < -0.39 is 5.41 Å². The van der Waals surface area contributed by atoms with E-state index in [1.165, 1.54) is 7.11 Å². The van der Waals surface area contributed by atoms with Gasteiger partial charge in [-0.2, -0.15) is 0 Å². The molecule has 1 saturated heterocycles. The van der Waals surface area contributed by atoms with E-state index in [1.807, 2.05) is 6.07 Å². The van der Waals surface area contributed by atoms with Gasteiger partial charge in [0.1, 0.15) is 5.75 Å². The van der Waals surface area contributed by atoms with Crippen molar-refractivity contribution in [3.63, 3.8) is 0 Å². The Labute approximate surface area is 153 Å². The number of allylic oxidation sites excluding steroid dienone is 1. The zero-order chi connectivity index (χ0) is 16.4. The van der Waals surface area contributed by atoms with Crippen LogP contribution < -0.4 is 0 Å². The Morgan fingerprint density at radius 1 is 1.38 bits per heavy atom. The van der Waals surface area contributed by atoms with Gasteiger partial charge in [0, 0.05) is 24.2 Å². The summed E-state index contributed by atoms with van der Waals surface area (Å²) < 4.78 is 5.09. The van der Waals surface area contributed by atoms with E-state index in [0.29, 0.717) is 18.9 Å². The lowest BCUT2D eigenvalue weighted by atomic mass is 9.72. The average Bonchev–Trinajstić information content (AvgIpc) is 3.00. The summed E-state index contributed by atoms with van der Waals surface area (Å²) >= 11 is 6.10. The first-order valence-corrected chi connectivity index (χ1v) is 8.41. The van der Waals surface area contributed by atoms with E-state index in [0.717, 1.165) is 36.5 Å². The Kier molecular flexibility index (Phi) is 6.18. The molecule has 1 aromatic rings. The lowest BCUT2D eigenvalue weighted by molar-refractivity contribution is -0.149. The third-order valence-electron chi connectivity index (χ3n) is 5.15. The Hall–Kier alpha value is -1.23. The van der Waals surface area contributed by atoms with Crippen molar-refractivity contribution in [3.05, 3.63) is 40.9 Å². The van der Waals surface area contributed by atoms with Gasteiger partial charge in [0.15, 0.2) is 0 Å². The average molecular weight is 372 g/mol. The van der Waals surface area contributed by atoms with Gasteiger partial charge in [-0.15, -0.1) is 12.4 Å². The molecule has 6 heteroatoms. The highest BCUT2D eigenvalue weighted by Crippen LogP contribution is 2.39. The second-order valence-electron chi connectivity index (χ2n) is 6.38. The number of nitrogens with zero attached hydrogens (tertiary/aromatic N) is 1. The number of hydrogen-bond donors (Lipinski definition) is 1. The normalized spacial score (nSPS) is 23.2. The standard InChI is InChI=1S/C18H22ClNO3.ClH/c1-23-17(22)18(13-3-2-4-16(21)11-13)7-9-20(10-8-18)15-6-5-14(19)12-15;/h2-4,11-12,15,21H,5-10H2,1H3;1H. The van der Waals surface area contributed by atoms with Crippen LogP contribution in [-0.2, 0) is 14.9 Å². The number of rotatable bonds is 3. The van der Waals surface area contributed by atoms with Crippen molar-refractivity contribution in [1.29, 1.82) is 0 Å². The van der Waals surface area contributed by atoms with E-state index in [9.17, 15) is 9.90 Å². The predicted octanol–water partition coefficient (Wildman–Crippen LogP) is 3.61. The molecule has 132 valence electrons. The molecule has 1 aliphatic heterocycles. The zero-order valence-corrected chi connectivity index (χ0v) is 15.3. The number of piperidine rings is 1. The first kappa shape index (κ1) is 19.1. The predicted molar refractivity (Wildman–Crippen MR) is 96.8 cm³/mol. The third-order valence-corrected chi connectivity index (χ3v) is 5.46. The Balaban J connectivity index is 0.00000208. The van der Waals surface area contributed by atoms with E-state index in [1.54, 1.807) is 18.2 Å². The molecule has 0 spiro atoms. The van der Waals surface area contributed by atoms with Crippen LogP contribution in [0.1, 0.15) is 31.2 Å². The van der Waals surface area contributed by atoms with Gasteiger partial charge in [0.25, 0.3) is 0 Å². The molecule has 1 atom stereocenters. The van der Waals surface area contributed by atoms with Gasteiger partial charge in [-0.25, -0.2) is 0 Å². The van der Waals surface area contributed by atoms with E-state index in [-0.39, 0.29) is 24.1 Å². The number of carbonyl (C=O) groups is 1. The van der Waals surface area contributed by atoms with Crippen molar-refractivity contribution in [2.75, 3.05) is 20.2 Å². The maximum absolute atomic E-state index is 12.5. The molecule has 0 bridgehead atoms. The molecular weight excluding hydrogens is 349 g/mol. The van der Waals surface area contributed by atoms with E-state index in [4.69, 9.17) is 16.3 Å². The quantitative estimate of drug-likeness (QED) is 0.824. The van der Waals surface area contributed by atoms with Crippen LogP contribution in [0.3, 0.4) is 0 Å². The van der Waals surface area contributed by atoms with Crippen LogP contribution in [0.25, 0.3) is 0 Å². The SMILES string of the molecule is COC(=O)C1(c2cccc(O)c2)CCN(C2C=C(Cl)CC2)CC1.Cl. The maximum atomic E-state index is 12.5. The molecule has 1 unspecified atom stereocenters. The highest BCUT2D eigenvalue weighted by atomic mass is 35.5. The summed E-state index contributed by atoms with van der Waals surface area (Å²) in [7, 11) is 1.43. The first-order valence-electron chi connectivity index (χ1n) is 8.03. The number of ether oxygens (including phenoxy) is 1. The van der Waals surface area contributed by atoms with Crippen LogP contribution in [0.4, 0.5) is 0 Å². The van der Waals surface area contributed by atoms with Crippen molar-refractivity contribution in [3.8, 4) is 5.75 Å². The van der Waals surface area contributed by atoms with Crippen LogP contribution in [-0.4, -0.2) is 42.2 Å². The van der Waals surface area contributed by atoms with Gasteiger partial charge in [0.2, 0.25) is 0 Å². The first-order chi connectivity index (χ1) is 11.0. The molecule has 1 N–H and O–H groups in total. The number of esters is 1. The number of benzene rings is 1. The van der Waals surface area contributed by atoms with Crippen LogP contribution >= 0.6 is 24.0 Å². The minimum Gasteiger partial charge on any atom is -0.508 e. The van der Waals surface area contributed by atoms with Crippen molar-refractivity contribution < 1.29 is 14.6 Å². The molecule has 4 nitrogen and oxygen atoms in total. The smallest absolute Gasteiger partial charge is 0.316 e. The molecule has 0 radical (unpaired) electrons. The highest BCUT2D eigenvalue weighted by molar-refractivity contribution is 6.29. The summed E-state index contributed by atoms with van der Waals surface area (Å²) in [6, 6.07) is 7.36. The summed E-state index contributed by atoms with van der Waals surface area (Å²) in [4.78, 5) is 14.9. The molecule has 1 heterocycles. The molecule has 3 rings (SSSR count). The zero-order valence-electron chi connectivity index (χ0n) is 13.7. The van der Waals surface area contributed by atoms with Crippen molar-refractivity contribution >= 4 is 30.0 Å². The van der Waals surface area contributed by atoms with Crippen LogP contribution in [0.5, 0.6) is 5.75 Å². The van der Waals surface area contributed by atoms with Crippen molar-refractivity contribution in [2.45, 2.75) is 37.1 Å². The lowest BCUT2D eigenvalue weighted by Gasteiger charge is -2.42. The second kappa shape index (κ2) is 7.77. The van der Waals surface area contributed by atoms with E-state index >= 15 is 0 Å². The van der Waals surface area contributed by atoms with Gasteiger partial charge < -0.3 is 9.84 Å². The molecule has 1 aromatic carbocycles.